The van der Waals surface area contributed by atoms with Crippen molar-refractivity contribution in [2.24, 2.45) is 5.41 Å². The normalized spacial score (nSPS) is 13.7. The van der Waals surface area contributed by atoms with Crippen LogP contribution in [-0.4, -0.2) is 31.6 Å². The molecule has 1 atom stereocenters. The van der Waals surface area contributed by atoms with Crippen molar-refractivity contribution in [3.8, 4) is 0 Å². The molecular formula is C18H31ClN2. The smallest absolute Gasteiger partial charge is 0.0453 e. The maximum absolute atomic E-state index is 6.35. The average Bonchev–Trinajstić information content (AvgIpc) is 2.51. The van der Waals surface area contributed by atoms with Gasteiger partial charge in [0.1, 0.15) is 0 Å². The second kappa shape index (κ2) is 8.77. The Morgan fingerprint density at radius 1 is 1.19 bits per heavy atom. The van der Waals surface area contributed by atoms with E-state index in [1.807, 2.05) is 12.1 Å². The molecule has 120 valence electrons. The molecule has 1 unspecified atom stereocenters. The van der Waals surface area contributed by atoms with Gasteiger partial charge in [0.2, 0.25) is 0 Å². The van der Waals surface area contributed by atoms with Gasteiger partial charge in [0.25, 0.3) is 0 Å². The van der Waals surface area contributed by atoms with E-state index >= 15 is 0 Å². The first-order chi connectivity index (χ1) is 9.99. The highest BCUT2D eigenvalue weighted by Gasteiger charge is 2.29. The lowest BCUT2D eigenvalue weighted by atomic mass is 9.81. The van der Waals surface area contributed by atoms with Crippen molar-refractivity contribution in [3.05, 3.63) is 34.9 Å². The summed E-state index contributed by atoms with van der Waals surface area (Å²) in [6.07, 6.45) is 2.38. The van der Waals surface area contributed by atoms with Crippen molar-refractivity contribution in [3.63, 3.8) is 0 Å². The summed E-state index contributed by atoms with van der Waals surface area (Å²) >= 11 is 6.35. The number of hydrogen-bond donors (Lipinski definition) is 1. The predicted molar refractivity (Wildman–Crippen MR) is 94.1 cm³/mol. The Morgan fingerprint density at radius 3 is 2.33 bits per heavy atom. The molecule has 21 heavy (non-hydrogen) atoms. The number of hydrogen-bond acceptors (Lipinski definition) is 2. The molecule has 1 aromatic carbocycles. The summed E-state index contributed by atoms with van der Waals surface area (Å²) in [6, 6.07) is 8.50. The summed E-state index contributed by atoms with van der Waals surface area (Å²) in [5.41, 5.74) is 1.55. The third kappa shape index (κ3) is 4.98. The maximum Gasteiger partial charge on any atom is 0.0453 e. The van der Waals surface area contributed by atoms with E-state index in [1.54, 1.807) is 0 Å². The van der Waals surface area contributed by atoms with Gasteiger partial charge in [-0.1, -0.05) is 50.6 Å². The van der Waals surface area contributed by atoms with E-state index in [2.05, 4.69) is 57.1 Å². The van der Waals surface area contributed by atoms with E-state index in [4.69, 9.17) is 11.6 Å². The van der Waals surface area contributed by atoms with Gasteiger partial charge in [-0.15, -0.1) is 0 Å². The minimum absolute atomic E-state index is 0.331. The fourth-order valence-electron chi connectivity index (χ4n) is 2.89. The number of nitrogens with zero attached hydrogens (tertiary/aromatic N) is 1. The Bertz CT molecular complexity index is 415. The van der Waals surface area contributed by atoms with Gasteiger partial charge < -0.3 is 5.32 Å². The molecule has 1 rings (SSSR count). The van der Waals surface area contributed by atoms with Crippen molar-refractivity contribution in [2.75, 3.05) is 26.7 Å². The fourth-order valence-corrected chi connectivity index (χ4v) is 3.18. The minimum Gasteiger partial charge on any atom is -0.316 e. The van der Waals surface area contributed by atoms with Crippen LogP contribution in [0.4, 0.5) is 0 Å². The maximum atomic E-state index is 6.35. The van der Waals surface area contributed by atoms with E-state index in [-0.39, 0.29) is 0 Å². The molecule has 0 radical (unpaired) electrons. The molecule has 0 aliphatic carbocycles. The molecule has 0 heterocycles. The van der Waals surface area contributed by atoms with Crippen LogP contribution in [0.2, 0.25) is 5.02 Å². The van der Waals surface area contributed by atoms with Crippen LogP contribution < -0.4 is 5.32 Å². The van der Waals surface area contributed by atoms with Gasteiger partial charge in [-0.25, -0.2) is 0 Å². The lowest BCUT2D eigenvalue weighted by Crippen LogP contribution is -2.43. The Kier molecular flexibility index (Phi) is 7.72. The Labute approximate surface area is 135 Å². The van der Waals surface area contributed by atoms with E-state index in [1.165, 1.54) is 18.4 Å². The molecule has 0 fully saturated rings. The quantitative estimate of drug-likeness (QED) is 0.708. The predicted octanol–water partition coefficient (Wildman–Crippen LogP) is 4.75. The second-order valence-corrected chi connectivity index (χ2v) is 6.51. The summed E-state index contributed by atoms with van der Waals surface area (Å²) in [5.74, 6) is 0. The zero-order valence-electron chi connectivity index (χ0n) is 14.2. The molecule has 0 aliphatic heterocycles. The molecule has 0 saturated carbocycles. The third-order valence-corrected chi connectivity index (χ3v) is 5.20. The fraction of sp³-hybridized carbons (Fsp3) is 0.667. The number of nitrogens with one attached hydrogen (secondary N) is 1. The molecule has 0 saturated heterocycles. The molecule has 0 amide bonds. The lowest BCUT2D eigenvalue weighted by Gasteiger charge is -2.38. The van der Waals surface area contributed by atoms with E-state index in [0.29, 0.717) is 11.5 Å². The van der Waals surface area contributed by atoms with Crippen LogP contribution in [0.25, 0.3) is 0 Å². The molecular weight excluding hydrogens is 280 g/mol. The molecule has 0 bridgehead atoms. The van der Waals surface area contributed by atoms with Crippen LogP contribution >= 0.6 is 11.6 Å². The third-order valence-electron chi connectivity index (χ3n) is 4.85. The molecule has 2 nitrogen and oxygen atoms in total. The van der Waals surface area contributed by atoms with Gasteiger partial charge in [-0.05, 0) is 50.4 Å². The van der Waals surface area contributed by atoms with Gasteiger partial charge >= 0.3 is 0 Å². The van der Waals surface area contributed by atoms with E-state index in [9.17, 15) is 0 Å². The highest BCUT2D eigenvalue weighted by atomic mass is 35.5. The Hall–Kier alpha value is -0.570. The first-order valence-electron chi connectivity index (χ1n) is 8.15. The van der Waals surface area contributed by atoms with Gasteiger partial charge in [0.05, 0.1) is 0 Å². The van der Waals surface area contributed by atoms with Crippen molar-refractivity contribution in [1.82, 2.24) is 10.2 Å². The van der Waals surface area contributed by atoms with E-state index < -0.39 is 0 Å². The molecule has 3 heteroatoms. The topological polar surface area (TPSA) is 15.3 Å². The molecule has 1 aromatic rings. The van der Waals surface area contributed by atoms with Crippen LogP contribution in [0, 0.1) is 5.41 Å². The number of rotatable bonds is 9. The zero-order valence-corrected chi connectivity index (χ0v) is 15.0. The highest BCUT2D eigenvalue weighted by molar-refractivity contribution is 6.31. The van der Waals surface area contributed by atoms with Crippen molar-refractivity contribution in [2.45, 2.75) is 46.6 Å². The second-order valence-electron chi connectivity index (χ2n) is 6.10. The van der Waals surface area contributed by atoms with Crippen LogP contribution in [0.5, 0.6) is 0 Å². The largest absolute Gasteiger partial charge is 0.316 e. The lowest BCUT2D eigenvalue weighted by molar-refractivity contribution is 0.128. The van der Waals surface area contributed by atoms with E-state index in [0.717, 1.165) is 24.7 Å². The number of benzene rings is 1. The zero-order chi connectivity index (χ0) is 15.9. The average molecular weight is 311 g/mol. The summed E-state index contributed by atoms with van der Waals surface area (Å²) in [4.78, 5) is 2.44. The first-order valence-corrected chi connectivity index (χ1v) is 8.52. The van der Waals surface area contributed by atoms with Crippen LogP contribution in [0.3, 0.4) is 0 Å². The molecule has 0 spiro atoms. The minimum atomic E-state index is 0.331. The van der Waals surface area contributed by atoms with Crippen molar-refractivity contribution in [1.29, 1.82) is 0 Å². The first kappa shape index (κ1) is 18.5. The van der Waals surface area contributed by atoms with Crippen molar-refractivity contribution >= 4 is 11.6 Å². The number of halogens is 1. The van der Waals surface area contributed by atoms with Crippen LogP contribution in [0.15, 0.2) is 24.3 Å². The molecule has 0 aliphatic rings. The molecule has 0 aromatic heterocycles. The van der Waals surface area contributed by atoms with Gasteiger partial charge in [0, 0.05) is 24.2 Å². The van der Waals surface area contributed by atoms with Crippen LogP contribution in [0.1, 0.15) is 52.1 Å². The summed E-state index contributed by atoms with van der Waals surface area (Å²) < 4.78 is 0. The Balaban J connectivity index is 2.81. The summed E-state index contributed by atoms with van der Waals surface area (Å²) in [7, 11) is 2.21. The van der Waals surface area contributed by atoms with Gasteiger partial charge in [-0.3, -0.25) is 4.90 Å². The highest BCUT2D eigenvalue weighted by Crippen LogP contribution is 2.32. The standard InChI is InChI=1S/C18H31ClN2/c1-6-18(7-2,13-20-8-3)14-21(5)15(4)16-11-9-10-12-17(16)19/h9-12,15,20H,6-8,13-14H2,1-5H3. The Morgan fingerprint density at radius 2 is 1.81 bits per heavy atom. The summed E-state index contributed by atoms with van der Waals surface area (Å²) in [5, 5.41) is 4.40. The van der Waals surface area contributed by atoms with Gasteiger partial charge in [-0.2, -0.15) is 0 Å². The van der Waals surface area contributed by atoms with Crippen LogP contribution in [-0.2, 0) is 0 Å². The molecule has 1 N–H and O–H groups in total. The van der Waals surface area contributed by atoms with Crippen molar-refractivity contribution < 1.29 is 0 Å². The van der Waals surface area contributed by atoms with Gasteiger partial charge in [0.15, 0.2) is 0 Å². The summed E-state index contributed by atoms with van der Waals surface area (Å²) in [6.45, 7) is 12.2. The monoisotopic (exact) mass is 310 g/mol. The SMILES string of the molecule is CCNCC(CC)(CC)CN(C)C(C)c1ccccc1Cl.